The zero-order valence-electron chi connectivity index (χ0n) is 9.22. The molecule has 0 aliphatic carbocycles. The van der Waals surface area contributed by atoms with Gasteiger partial charge < -0.3 is 9.52 Å². The van der Waals surface area contributed by atoms with E-state index >= 15 is 0 Å². The van der Waals surface area contributed by atoms with E-state index in [-0.39, 0.29) is 16.9 Å². The number of carboxylic acids is 1. The summed E-state index contributed by atoms with van der Waals surface area (Å²) in [6, 6.07) is 2.02. The van der Waals surface area contributed by atoms with Crippen molar-refractivity contribution in [2.24, 2.45) is 0 Å². The minimum Gasteiger partial charge on any atom is -0.475 e. The first-order valence-electron chi connectivity index (χ1n) is 4.85. The van der Waals surface area contributed by atoms with Crippen LogP contribution in [0.4, 0.5) is 22.0 Å². The van der Waals surface area contributed by atoms with Crippen LogP contribution in [0.2, 0.25) is 0 Å². The quantitative estimate of drug-likeness (QED) is 0.532. The lowest BCUT2D eigenvalue weighted by Crippen LogP contribution is -2.02. The van der Waals surface area contributed by atoms with Crippen molar-refractivity contribution in [1.82, 2.24) is 0 Å². The van der Waals surface area contributed by atoms with Gasteiger partial charge in [-0.05, 0) is 23.9 Å². The van der Waals surface area contributed by atoms with Gasteiger partial charge in [0.05, 0.1) is 4.90 Å². The van der Waals surface area contributed by atoms with Crippen LogP contribution in [-0.2, 0) is 0 Å². The molecule has 9 heteroatoms. The Morgan fingerprint density at radius 1 is 0.950 bits per heavy atom. The van der Waals surface area contributed by atoms with Crippen molar-refractivity contribution < 1.29 is 36.3 Å². The van der Waals surface area contributed by atoms with E-state index in [9.17, 15) is 26.7 Å². The number of benzene rings is 1. The Morgan fingerprint density at radius 2 is 1.45 bits per heavy atom. The molecule has 0 aliphatic rings. The van der Waals surface area contributed by atoms with Gasteiger partial charge in [0.1, 0.15) is 0 Å². The molecule has 0 atom stereocenters. The summed E-state index contributed by atoms with van der Waals surface area (Å²) in [4.78, 5) is 9.36. The molecule has 0 aliphatic heterocycles. The van der Waals surface area contributed by atoms with Crippen LogP contribution < -0.4 is 0 Å². The van der Waals surface area contributed by atoms with Gasteiger partial charge in [0.25, 0.3) is 0 Å². The van der Waals surface area contributed by atoms with E-state index in [1.807, 2.05) is 0 Å². The highest BCUT2D eigenvalue weighted by Crippen LogP contribution is 2.36. The predicted octanol–water partition coefficient (Wildman–Crippen LogP) is 3.82. The molecule has 0 saturated heterocycles. The fraction of sp³-hybridized carbons (Fsp3) is 0. The van der Waals surface area contributed by atoms with Crippen molar-refractivity contribution in [3.8, 4) is 0 Å². The Labute approximate surface area is 112 Å². The van der Waals surface area contributed by atoms with Crippen molar-refractivity contribution in [1.29, 1.82) is 0 Å². The lowest BCUT2D eigenvalue weighted by atomic mass is 10.3. The van der Waals surface area contributed by atoms with Crippen molar-refractivity contribution in [3.63, 3.8) is 0 Å². The Morgan fingerprint density at radius 3 is 1.90 bits per heavy atom. The van der Waals surface area contributed by atoms with Gasteiger partial charge in [0.15, 0.2) is 28.4 Å². The van der Waals surface area contributed by atoms with Crippen LogP contribution in [0, 0.1) is 29.1 Å². The van der Waals surface area contributed by atoms with Crippen LogP contribution in [-0.4, -0.2) is 11.1 Å². The number of aromatic carboxylic acids is 1. The summed E-state index contributed by atoms with van der Waals surface area (Å²) in [6.07, 6.45) is 0. The maximum atomic E-state index is 13.4. The largest absolute Gasteiger partial charge is 0.475 e. The van der Waals surface area contributed by atoms with E-state index in [0.717, 1.165) is 12.1 Å². The Balaban J connectivity index is 2.45. The molecule has 0 saturated carbocycles. The topological polar surface area (TPSA) is 50.4 Å². The Kier molecular flexibility index (Phi) is 3.71. The first-order chi connectivity index (χ1) is 9.32. The third-order valence-electron chi connectivity index (χ3n) is 2.16. The number of rotatable bonds is 3. The summed E-state index contributed by atoms with van der Waals surface area (Å²) in [5.74, 6) is -12.4. The van der Waals surface area contributed by atoms with Gasteiger partial charge in [-0.25, -0.2) is 26.7 Å². The molecule has 0 fully saturated rings. The first kappa shape index (κ1) is 14.4. The summed E-state index contributed by atoms with van der Waals surface area (Å²) in [7, 11) is 0. The Bertz CT molecular complexity index is 669. The van der Waals surface area contributed by atoms with Gasteiger partial charge in [-0.2, -0.15) is 0 Å². The van der Waals surface area contributed by atoms with Crippen molar-refractivity contribution in [2.45, 2.75) is 9.99 Å². The van der Waals surface area contributed by atoms with Gasteiger partial charge >= 0.3 is 5.97 Å². The molecule has 20 heavy (non-hydrogen) atoms. The molecule has 3 nitrogen and oxygen atoms in total. The lowest BCUT2D eigenvalue weighted by molar-refractivity contribution is 0.0656. The standard InChI is InChI=1S/C11H3F5O3S/c12-5-6(13)8(15)10(9(16)7(5)14)20-4-2-1-3(19-4)11(17)18/h1-2H,(H,17,18). The lowest BCUT2D eigenvalue weighted by Gasteiger charge is -2.05. The second-order valence-corrected chi connectivity index (χ2v) is 4.44. The average molecular weight is 310 g/mol. The molecule has 0 radical (unpaired) electrons. The van der Waals surface area contributed by atoms with Crippen LogP contribution >= 0.6 is 11.8 Å². The Hall–Kier alpha value is -2.03. The molecule has 1 N–H and O–H groups in total. The molecule has 0 spiro atoms. The molecule has 0 bridgehead atoms. The summed E-state index contributed by atoms with van der Waals surface area (Å²) in [5.41, 5.74) is 0. The summed E-state index contributed by atoms with van der Waals surface area (Å²) < 4.78 is 70.1. The van der Waals surface area contributed by atoms with E-state index in [0.29, 0.717) is 0 Å². The number of hydrogen-bond acceptors (Lipinski definition) is 3. The average Bonchev–Trinajstić information content (AvgIpc) is 2.88. The molecule has 0 unspecified atom stereocenters. The van der Waals surface area contributed by atoms with Crippen LogP contribution in [0.25, 0.3) is 0 Å². The van der Waals surface area contributed by atoms with Crippen molar-refractivity contribution in [2.75, 3.05) is 0 Å². The van der Waals surface area contributed by atoms with E-state index in [1.54, 1.807) is 0 Å². The van der Waals surface area contributed by atoms with Crippen LogP contribution in [0.15, 0.2) is 26.5 Å². The molecule has 1 aromatic heterocycles. The summed E-state index contributed by atoms with van der Waals surface area (Å²) in [5, 5.41) is 8.25. The third-order valence-corrected chi connectivity index (χ3v) is 3.15. The molecule has 2 rings (SSSR count). The molecule has 1 heterocycles. The van der Waals surface area contributed by atoms with Gasteiger partial charge in [-0.1, -0.05) is 0 Å². The number of hydrogen-bond donors (Lipinski definition) is 1. The van der Waals surface area contributed by atoms with Gasteiger partial charge in [-0.3, -0.25) is 0 Å². The molecule has 1 aromatic carbocycles. The molecule has 106 valence electrons. The first-order valence-corrected chi connectivity index (χ1v) is 5.67. The van der Waals surface area contributed by atoms with E-state index in [1.165, 1.54) is 0 Å². The number of carbonyl (C=O) groups is 1. The highest BCUT2D eigenvalue weighted by atomic mass is 32.2. The highest BCUT2D eigenvalue weighted by Gasteiger charge is 2.27. The zero-order valence-corrected chi connectivity index (χ0v) is 10.0. The van der Waals surface area contributed by atoms with Crippen LogP contribution in [0.3, 0.4) is 0 Å². The SMILES string of the molecule is O=C(O)c1ccc(Sc2c(F)c(F)c(F)c(F)c2F)o1. The molecular weight excluding hydrogens is 307 g/mol. The van der Waals surface area contributed by atoms with E-state index in [2.05, 4.69) is 4.42 Å². The molecule has 2 aromatic rings. The second kappa shape index (κ2) is 5.16. The third kappa shape index (κ3) is 2.36. The number of halogens is 5. The van der Waals surface area contributed by atoms with Gasteiger partial charge in [0.2, 0.25) is 11.6 Å². The van der Waals surface area contributed by atoms with Gasteiger partial charge in [-0.15, -0.1) is 0 Å². The van der Waals surface area contributed by atoms with Crippen LogP contribution in [0.5, 0.6) is 0 Å². The highest BCUT2D eigenvalue weighted by molar-refractivity contribution is 7.99. The maximum absolute atomic E-state index is 13.4. The second-order valence-electron chi connectivity index (χ2n) is 3.42. The smallest absolute Gasteiger partial charge is 0.371 e. The maximum Gasteiger partial charge on any atom is 0.371 e. The summed E-state index contributed by atoms with van der Waals surface area (Å²) >= 11 is 0.0894. The van der Waals surface area contributed by atoms with Gasteiger partial charge in [0, 0.05) is 0 Å². The fourth-order valence-electron chi connectivity index (χ4n) is 1.26. The number of furan rings is 1. The van der Waals surface area contributed by atoms with E-state index in [4.69, 9.17) is 5.11 Å². The van der Waals surface area contributed by atoms with Crippen LogP contribution in [0.1, 0.15) is 10.6 Å². The predicted molar refractivity (Wildman–Crippen MR) is 56.0 cm³/mol. The minimum atomic E-state index is -2.27. The molecule has 0 amide bonds. The normalized spacial score (nSPS) is 10.8. The fourth-order valence-corrected chi connectivity index (χ4v) is 2.09. The molecular formula is C11H3F5O3S. The van der Waals surface area contributed by atoms with Crippen molar-refractivity contribution >= 4 is 17.7 Å². The van der Waals surface area contributed by atoms with E-state index < -0.39 is 45.7 Å². The summed E-state index contributed by atoms with van der Waals surface area (Å²) in [6.45, 7) is 0. The minimum absolute atomic E-state index is 0.0894. The van der Waals surface area contributed by atoms with Crippen molar-refractivity contribution in [3.05, 3.63) is 47.0 Å². The number of carboxylic acid groups (broad SMARTS) is 1. The zero-order chi connectivity index (χ0) is 15.0. The monoisotopic (exact) mass is 310 g/mol.